The number of hydrogen-bond donors (Lipinski definition) is 0. The van der Waals surface area contributed by atoms with E-state index in [0.717, 1.165) is 17.2 Å². The van der Waals surface area contributed by atoms with Crippen LogP contribution in [0.4, 0.5) is 0 Å². The van der Waals surface area contributed by atoms with Crippen LogP contribution in [0.2, 0.25) is 0 Å². The van der Waals surface area contributed by atoms with E-state index < -0.39 is 0 Å². The first-order chi connectivity index (χ1) is 7.33. The number of benzene rings is 1. The first kappa shape index (κ1) is 9.65. The predicted molar refractivity (Wildman–Crippen MR) is 58.9 cm³/mol. The molecule has 0 amide bonds. The summed E-state index contributed by atoms with van der Waals surface area (Å²) in [5.41, 5.74) is 0.822. The zero-order valence-corrected chi connectivity index (χ0v) is 8.22. The summed E-state index contributed by atoms with van der Waals surface area (Å²) < 4.78 is 1.63. The fourth-order valence-electron chi connectivity index (χ4n) is 1.66. The first-order valence-corrected chi connectivity index (χ1v) is 4.85. The summed E-state index contributed by atoms with van der Waals surface area (Å²) in [6.45, 7) is 0.448. The van der Waals surface area contributed by atoms with Crippen molar-refractivity contribution in [3.8, 4) is 0 Å². The van der Waals surface area contributed by atoms with Gasteiger partial charge in [-0.2, -0.15) is 0 Å². The molecule has 0 atom stereocenters. The van der Waals surface area contributed by atoms with E-state index in [2.05, 4.69) is 0 Å². The van der Waals surface area contributed by atoms with Gasteiger partial charge in [-0.15, -0.1) is 0 Å². The molecule has 1 aromatic heterocycles. The molecule has 15 heavy (non-hydrogen) atoms. The topological polar surface area (TPSA) is 39.1 Å². The molecule has 1 aromatic carbocycles. The highest BCUT2D eigenvalue weighted by atomic mass is 16.1. The molecule has 1 heterocycles. The second-order valence-corrected chi connectivity index (χ2v) is 3.34. The van der Waals surface area contributed by atoms with E-state index >= 15 is 0 Å². The van der Waals surface area contributed by atoms with Crippen molar-refractivity contribution in [2.24, 2.45) is 0 Å². The lowest BCUT2D eigenvalue weighted by atomic mass is 10.2. The third-order valence-electron chi connectivity index (χ3n) is 2.37. The van der Waals surface area contributed by atoms with Crippen LogP contribution in [0.1, 0.15) is 6.42 Å². The van der Waals surface area contributed by atoms with Crippen molar-refractivity contribution in [3.05, 3.63) is 46.8 Å². The van der Waals surface area contributed by atoms with Crippen molar-refractivity contribution in [3.63, 3.8) is 0 Å². The molecular weight excluding hydrogens is 190 g/mol. The summed E-state index contributed by atoms with van der Waals surface area (Å²) in [7, 11) is 0. The Hall–Kier alpha value is -1.90. The maximum absolute atomic E-state index is 11.6. The number of nitrogens with zero attached hydrogens (tertiary/aromatic N) is 1. The largest absolute Gasteiger partial charge is 0.308 e. The van der Waals surface area contributed by atoms with Crippen LogP contribution in [0.3, 0.4) is 0 Å². The van der Waals surface area contributed by atoms with Crippen molar-refractivity contribution >= 4 is 17.2 Å². The molecule has 0 aliphatic heterocycles. The van der Waals surface area contributed by atoms with Crippen LogP contribution < -0.4 is 5.56 Å². The number of pyridine rings is 1. The summed E-state index contributed by atoms with van der Waals surface area (Å²) in [6, 6.07) is 11.0. The smallest absolute Gasteiger partial charge is 0.251 e. The van der Waals surface area contributed by atoms with Gasteiger partial charge in [0.2, 0.25) is 0 Å². The standard InChI is InChI=1S/C12H11NO2/c14-9-3-8-13-11-5-2-1-4-10(11)6-7-12(13)15/h1-2,4-7,9H,3,8H2. The molecule has 0 radical (unpaired) electrons. The number of carbonyl (C=O) groups is 1. The van der Waals surface area contributed by atoms with Crippen LogP contribution >= 0.6 is 0 Å². The number of carbonyl (C=O) groups excluding carboxylic acids is 1. The van der Waals surface area contributed by atoms with E-state index in [4.69, 9.17) is 0 Å². The summed E-state index contributed by atoms with van der Waals surface area (Å²) in [4.78, 5) is 21.9. The van der Waals surface area contributed by atoms with Gasteiger partial charge in [0.25, 0.3) is 5.56 Å². The Bertz CT molecular complexity index is 543. The molecule has 0 bridgehead atoms. The third kappa shape index (κ3) is 1.81. The van der Waals surface area contributed by atoms with Gasteiger partial charge in [-0.05, 0) is 17.5 Å². The Kier molecular flexibility index (Phi) is 2.63. The summed E-state index contributed by atoms with van der Waals surface area (Å²) in [5, 5.41) is 1.02. The minimum absolute atomic E-state index is 0.0597. The summed E-state index contributed by atoms with van der Waals surface area (Å²) in [6.07, 6.45) is 1.20. The Morgan fingerprint density at radius 1 is 1.13 bits per heavy atom. The fourth-order valence-corrected chi connectivity index (χ4v) is 1.66. The third-order valence-corrected chi connectivity index (χ3v) is 2.37. The van der Waals surface area contributed by atoms with Crippen LogP contribution in [0.15, 0.2) is 41.2 Å². The van der Waals surface area contributed by atoms with E-state index in [9.17, 15) is 9.59 Å². The van der Waals surface area contributed by atoms with Crippen molar-refractivity contribution in [1.82, 2.24) is 4.57 Å². The highest BCUT2D eigenvalue weighted by Gasteiger charge is 2.00. The lowest BCUT2D eigenvalue weighted by molar-refractivity contribution is -0.108. The number of hydrogen-bond acceptors (Lipinski definition) is 2. The Balaban J connectivity index is 2.63. The lowest BCUT2D eigenvalue weighted by Gasteiger charge is -2.07. The van der Waals surface area contributed by atoms with E-state index in [1.165, 1.54) is 6.07 Å². The number of aryl methyl sites for hydroxylation is 1. The zero-order chi connectivity index (χ0) is 10.7. The van der Waals surface area contributed by atoms with E-state index in [1.807, 2.05) is 24.3 Å². The summed E-state index contributed by atoms with van der Waals surface area (Å²) >= 11 is 0. The minimum atomic E-state index is -0.0597. The molecule has 0 saturated heterocycles. The van der Waals surface area contributed by atoms with Crippen molar-refractivity contribution < 1.29 is 4.79 Å². The zero-order valence-electron chi connectivity index (χ0n) is 8.22. The van der Waals surface area contributed by atoms with Gasteiger partial charge in [0.1, 0.15) is 6.29 Å². The Labute approximate surface area is 87.0 Å². The van der Waals surface area contributed by atoms with Gasteiger partial charge in [-0.3, -0.25) is 4.79 Å². The predicted octanol–water partition coefficient (Wildman–Crippen LogP) is 1.59. The molecule has 0 N–H and O–H groups in total. The Morgan fingerprint density at radius 3 is 2.73 bits per heavy atom. The van der Waals surface area contributed by atoms with Gasteiger partial charge < -0.3 is 9.36 Å². The minimum Gasteiger partial charge on any atom is -0.308 e. The van der Waals surface area contributed by atoms with Crippen molar-refractivity contribution in [1.29, 1.82) is 0 Å². The SMILES string of the molecule is O=CCCn1c(=O)ccc2ccccc21. The Morgan fingerprint density at radius 2 is 1.93 bits per heavy atom. The fraction of sp³-hybridized carbons (Fsp3) is 0.167. The number of aldehydes is 1. The summed E-state index contributed by atoms with van der Waals surface area (Å²) in [5.74, 6) is 0. The lowest BCUT2D eigenvalue weighted by Crippen LogP contribution is -2.19. The molecule has 2 aromatic rings. The van der Waals surface area contributed by atoms with Crippen LogP contribution in [0, 0.1) is 0 Å². The van der Waals surface area contributed by atoms with Crippen LogP contribution in [0.25, 0.3) is 10.9 Å². The van der Waals surface area contributed by atoms with Crippen molar-refractivity contribution in [2.45, 2.75) is 13.0 Å². The molecule has 0 aliphatic rings. The van der Waals surface area contributed by atoms with Gasteiger partial charge in [0.15, 0.2) is 0 Å². The van der Waals surface area contributed by atoms with Gasteiger partial charge in [-0.1, -0.05) is 18.2 Å². The van der Waals surface area contributed by atoms with Gasteiger partial charge in [-0.25, -0.2) is 0 Å². The van der Waals surface area contributed by atoms with Crippen molar-refractivity contribution in [2.75, 3.05) is 0 Å². The average Bonchev–Trinajstić information content (AvgIpc) is 2.28. The number of para-hydroxylation sites is 1. The highest BCUT2D eigenvalue weighted by Crippen LogP contribution is 2.10. The van der Waals surface area contributed by atoms with Gasteiger partial charge in [0.05, 0.1) is 5.52 Å². The molecule has 0 spiro atoms. The molecule has 3 nitrogen and oxygen atoms in total. The quantitative estimate of drug-likeness (QED) is 0.707. The van der Waals surface area contributed by atoms with Crippen LogP contribution in [-0.4, -0.2) is 10.9 Å². The van der Waals surface area contributed by atoms with Crippen LogP contribution in [0.5, 0.6) is 0 Å². The van der Waals surface area contributed by atoms with Gasteiger partial charge in [0, 0.05) is 19.0 Å². The maximum atomic E-state index is 11.6. The number of aromatic nitrogens is 1. The molecule has 0 fully saturated rings. The molecule has 0 saturated carbocycles. The molecule has 2 rings (SSSR count). The average molecular weight is 201 g/mol. The second-order valence-electron chi connectivity index (χ2n) is 3.34. The molecule has 0 aliphatic carbocycles. The van der Waals surface area contributed by atoms with Crippen LogP contribution in [-0.2, 0) is 11.3 Å². The van der Waals surface area contributed by atoms with E-state index in [0.29, 0.717) is 13.0 Å². The second kappa shape index (κ2) is 4.09. The normalized spacial score (nSPS) is 10.4. The van der Waals surface area contributed by atoms with E-state index in [-0.39, 0.29) is 5.56 Å². The number of fused-ring (bicyclic) bond motifs is 1. The monoisotopic (exact) mass is 201 g/mol. The maximum Gasteiger partial charge on any atom is 0.251 e. The highest BCUT2D eigenvalue weighted by molar-refractivity contribution is 5.78. The molecule has 3 heteroatoms. The molecule has 0 unspecified atom stereocenters. The van der Waals surface area contributed by atoms with E-state index in [1.54, 1.807) is 10.6 Å². The van der Waals surface area contributed by atoms with Gasteiger partial charge >= 0.3 is 0 Å². The molecule has 76 valence electrons. The molecular formula is C12H11NO2. The number of rotatable bonds is 3. The first-order valence-electron chi connectivity index (χ1n) is 4.85.